The molecule has 0 aromatic heterocycles. The maximum atomic E-state index is 9.62. The molecule has 0 amide bonds. The molecule has 0 aliphatic carbocycles. The largest absolute Gasteiger partial charge is 0.303 e. The number of carbonyl (C=O) groups is 1. The number of carbonyl (C=O) groups excluding carboxylic acids is 1. The number of hydrogen-bond donors (Lipinski definition) is 0. The number of hydrogen-bond acceptors (Lipinski definition) is 1. The molecule has 0 fully saturated rings. The van der Waals surface area contributed by atoms with E-state index >= 15 is 0 Å². The second kappa shape index (κ2) is 18.2. The second-order valence-corrected chi connectivity index (χ2v) is 6.57. The monoisotopic (exact) mass is 334 g/mol. The van der Waals surface area contributed by atoms with Crippen LogP contribution in [-0.4, -0.2) is 6.29 Å². The van der Waals surface area contributed by atoms with E-state index in [1.807, 2.05) is 27.7 Å². The van der Waals surface area contributed by atoms with Gasteiger partial charge in [-0.25, -0.2) is 0 Å². The summed E-state index contributed by atoms with van der Waals surface area (Å²) in [5.74, 6) is 0.530. The van der Waals surface area contributed by atoms with Gasteiger partial charge < -0.3 is 4.79 Å². The van der Waals surface area contributed by atoms with Gasteiger partial charge in [-0.1, -0.05) is 85.4 Å². The van der Waals surface area contributed by atoms with Gasteiger partial charge >= 0.3 is 0 Å². The van der Waals surface area contributed by atoms with Crippen molar-refractivity contribution in [3.05, 3.63) is 34.9 Å². The lowest BCUT2D eigenvalue weighted by atomic mass is 9.94. The quantitative estimate of drug-likeness (QED) is 0.341. The first-order chi connectivity index (χ1) is 11.6. The average Bonchev–Trinajstić information content (AvgIpc) is 2.56. The Morgan fingerprint density at radius 2 is 1.62 bits per heavy atom. The minimum Gasteiger partial charge on any atom is -0.303 e. The molecule has 0 aliphatic heterocycles. The van der Waals surface area contributed by atoms with E-state index in [1.165, 1.54) is 50.5 Å². The zero-order valence-electron chi connectivity index (χ0n) is 17.5. The zero-order valence-corrected chi connectivity index (χ0v) is 17.5. The van der Waals surface area contributed by atoms with Crippen LogP contribution >= 0.6 is 0 Å². The fourth-order valence-corrected chi connectivity index (χ4v) is 2.55. The molecule has 0 saturated heterocycles. The van der Waals surface area contributed by atoms with Crippen molar-refractivity contribution in [1.82, 2.24) is 0 Å². The second-order valence-electron chi connectivity index (χ2n) is 6.57. The molecule has 0 atom stereocenters. The number of rotatable bonds is 9. The first-order valence-corrected chi connectivity index (χ1v) is 10.1. The molecule has 0 radical (unpaired) electrons. The minimum absolute atomic E-state index is 0.530. The number of aryl methyl sites for hydroxylation is 2. The van der Waals surface area contributed by atoms with Gasteiger partial charge in [0.1, 0.15) is 6.29 Å². The van der Waals surface area contributed by atoms with Crippen LogP contribution in [0.3, 0.4) is 0 Å². The van der Waals surface area contributed by atoms with Crippen molar-refractivity contribution in [2.75, 3.05) is 0 Å². The maximum Gasteiger partial charge on any atom is 0.120 e. The Balaban J connectivity index is 0. The van der Waals surface area contributed by atoms with Crippen LogP contribution < -0.4 is 0 Å². The Hall–Kier alpha value is -1.11. The van der Waals surface area contributed by atoms with Crippen molar-refractivity contribution >= 4 is 6.29 Å². The van der Waals surface area contributed by atoms with Crippen LogP contribution in [0.2, 0.25) is 0 Å². The molecule has 1 rings (SSSR count). The number of unbranched alkanes of at least 4 members (excludes halogenated alkanes) is 3. The molecule has 1 nitrogen and oxygen atoms in total. The highest BCUT2D eigenvalue weighted by molar-refractivity contribution is 5.49. The SMILES string of the molecule is CC.CC(C)CC=O.CCCCCCc1c(C)cccc1CCC. The zero-order chi connectivity index (χ0) is 18.8. The van der Waals surface area contributed by atoms with Crippen molar-refractivity contribution < 1.29 is 4.79 Å². The van der Waals surface area contributed by atoms with Crippen molar-refractivity contribution in [2.24, 2.45) is 5.92 Å². The summed E-state index contributed by atoms with van der Waals surface area (Å²) in [6.45, 7) is 14.8. The van der Waals surface area contributed by atoms with Crippen LogP contribution in [0.25, 0.3) is 0 Å². The summed E-state index contributed by atoms with van der Waals surface area (Å²) in [5.41, 5.74) is 4.70. The summed E-state index contributed by atoms with van der Waals surface area (Å²) in [7, 11) is 0. The molecule has 140 valence electrons. The Labute approximate surface area is 152 Å². The van der Waals surface area contributed by atoms with E-state index in [0.29, 0.717) is 12.3 Å². The summed E-state index contributed by atoms with van der Waals surface area (Å²) in [6.07, 6.45) is 10.9. The topological polar surface area (TPSA) is 17.1 Å². The Morgan fingerprint density at radius 3 is 2.08 bits per heavy atom. The summed E-state index contributed by atoms with van der Waals surface area (Å²) < 4.78 is 0. The van der Waals surface area contributed by atoms with Crippen LogP contribution in [0.5, 0.6) is 0 Å². The molecule has 24 heavy (non-hydrogen) atoms. The van der Waals surface area contributed by atoms with Gasteiger partial charge in [0.15, 0.2) is 0 Å². The molecular formula is C23H42O. The number of benzene rings is 1. The highest BCUT2D eigenvalue weighted by atomic mass is 16.1. The van der Waals surface area contributed by atoms with E-state index in [0.717, 1.165) is 6.29 Å². The van der Waals surface area contributed by atoms with Gasteiger partial charge in [-0.15, -0.1) is 0 Å². The molecule has 0 N–H and O–H groups in total. The van der Waals surface area contributed by atoms with E-state index in [1.54, 1.807) is 11.1 Å². The lowest BCUT2D eigenvalue weighted by Crippen LogP contribution is -1.97. The van der Waals surface area contributed by atoms with Gasteiger partial charge in [0, 0.05) is 6.42 Å². The molecule has 0 heterocycles. The minimum atomic E-state index is 0.530. The standard InChI is InChI=1S/C16H26.C5H10O.C2H6/c1-4-6-7-8-13-16-14(3)11-9-12-15(16)10-5-2;1-5(2)3-4-6;1-2/h9,11-12H,4-8,10,13H2,1-3H3;4-5H,3H2,1-2H3;1-2H3. The molecule has 1 aromatic rings. The smallest absolute Gasteiger partial charge is 0.120 e. The summed E-state index contributed by atoms with van der Waals surface area (Å²) in [5, 5.41) is 0. The van der Waals surface area contributed by atoms with Gasteiger partial charge in [-0.05, 0) is 48.8 Å². The van der Waals surface area contributed by atoms with Crippen molar-refractivity contribution in [2.45, 2.75) is 99.8 Å². The predicted octanol–water partition coefficient (Wildman–Crippen LogP) is 7.33. The lowest BCUT2D eigenvalue weighted by molar-refractivity contribution is -0.108. The molecule has 1 heteroatoms. The third-order valence-corrected chi connectivity index (χ3v) is 3.87. The lowest BCUT2D eigenvalue weighted by Gasteiger charge is -2.12. The van der Waals surface area contributed by atoms with E-state index in [9.17, 15) is 4.79 Å². The first-order valence-electron chi connectivity index (χ1n) is 10.1. The molecule has 0 unspecified atom stereocenters. The highest BCUT2D eigenvalue weighted by Gasteiger charge is 2.04. The van der Waals surface area contributed by atoms with E-state index in [2.05, 4.69) is 39.0 Å². The Morgan fingerprint density at radius 1 is 0.958 bits per heavy atom. The molecular weight excluding hydrogens is 292 g/mol. The highest BCUT2D eigenvalue weighted by Crippen LogP contribution is 2.19. The normalized spacial score (nSPS) is 9.67. The van der Waals surface area contributed by atoms with Crippen LogP contribution in [0.15, 0.2) is 18.2 Å². The maximum absolute atomic E-state index is 9.62. The number of aldehydes is 1. The van der Waals surface area contributed by atoms with Gasteiger partial charge in [0.25, 0.3) is 0 Å². The summed E-state index contributed by atoms with van der Waals surface area (Å²) >= 11 is 0. The van der Waals surface area contributed by atoms with E-state index < -0.39 is 0 Å². The van der Waals surface area contributed by atoms with Gasteiger partial charge in [-0.3, -0.25) is 0 Å². The van der Waals surface area contributed by atoms with Crippen molar-refractivity contribution in [1.29, 1.82) is 0 Å². The van der Waals surface area contributed by atoms with E-state index in [4.69, 9.17) is 0 Å². The molecule has 0 bridgehead atoms. The van der Waals surface area contributed by atoms with Gasteiger partial charge in [-0.2, -0.15) is 0 Å². The van der Waals surface area contributed by atoms with Crippen LogP contribution in [0.1, 0.15) is 96.8 Å². The Bertz CT molecular complexity index is 393. The molecule has 0 saturated carbocycles. The predicted molar refractivity (Wildman–Crippen MR) is 110 cm³/mol. The van der Waals surface area contributed by atoms with Crippen molar-refractivity contribution in [3.63, 3.8) is 0 Å². The fraction of sp³-hybridized carbons (Fsp3) is 0.696. The van der Waals surface area contributed by atoms with Crippen LogP contribution in [0.4, 0.5) is 0 Å². The van der Waals surface area contributed by atoms with Gasteiger partial charge in [0.05, 0.1) is 0 Å². The summed E-state index contributed by atoms with van der Waals surface area (Å²) in [6, 6.07) is 6.77. The fourth-order valence-electron chi connectivity index (χ4n) is 2.55. The van der Waals surface area contributed by atoms with Gasteiger partial charge in [0.2, 0.25) is 0 Å². The molecule has 0 aliphatic rings. The molecule has 0 spiro atoms. The van der Waals surface area contributed by atoms with Crippen molar-refractivity contribution in [3.8, 4) is 0 Å². The van der Waals surface area contributed by atoms with Crippen LogP contribution in [0, 0.1) is 12.8 Å². The average molecular weight is 335 g/mol. The van der Waals surface area contributed by atoms with Crippen LogP contribution in [-0.2, 0) is 17.6 Å². The molecule has 1 aromatic carbocycles. The first kappa shape index (κ1) is 25.1. The van der Waals surface area contributed by atoms with E-state index in [-0.39, 0.29) is 0 Å². The Kier molecular flexibility index (Phi) is 19.1. The third-order valence-electron chi connectivity index (χ3n) is 3.87. The summed E-state index contributed by atoms with van der Waals surface area (Å²) in [4.78, 5) is 9.62. The third kappa shape index (κ3) is 13.3.